The van der Waals surface area contributed by atoms with Crippen molar-refractivity contribution in [3.05, 3.63) is 82.3 Å². The summed E-state index contributed by atoms with van der Waals surface area (Å²) in [5, 5.41) is 0. The zero-order valence-electron chi connectivity index (χ0n) is 15.0. The lowest BCUT2D eigenvalue weighted by Crippen LogP contribution is -2.34. The molecule has 0 fully saturated rings. The van der Waals surface area contributed by atoms with E-state index >= 15 is 0 Å². The van der Waals surface area contributed by atoms with Gasteiger partial charge in [-0.3, -0.25) is 13.8 Å². The Morgan fingerprint density at radius 3 is 2.04 bits per heavy atom. The summed E-state index contributed by atoms with van der Waals surface area (Å²) in [5.74, 6) is 0. The molecule has 136 valence electrons. The molecular weight excluding hydrogens is 350 g/mol. The topological polar surface area (TPSA) is 64.3 Å². The second-order valence-corrected chi connectivity index (χ2v) is 8.07. The Bertz CT molecular complexity index is 1070. The van der Waals surface area contributed by atoms with Crippen molar-refractivity contribution in [1.82, 2.24) is 9.36 Å². The van der Waals surface area contributed by atoms with Gasteiger partial charge in [0.05, 0.1) is 24.2 Å². The number of para-hydroxylation sites is 1. The van der Waals surface area contributed by atoms with Gasteiger partial charge in [-0.05, 0) is 24.6 Å². The average molecular weight is 371 g/mol. The second-order valence-electron chi connectivity index (χ2n) is 6.17. The van der Waals surface area contributed by atoms with Crippen molar-refractivity contribution in [2.24, 2.45) is 7.05 Å². The standard InChI is InChI=1S/C19H21N3O3S/c1-15-18(19(23)22(20(15)2)17-12-8-5-9-13-17)21(26(3,24)25)14-16-10-6-4-7-11-16/h4-13H,14H2,1-3H3. The predicted molar refractivity (Wildman–Crippen MR) is 103 cm³/mol. The normalized spacial score (nSPS) is 11.5. The molecule has 0 atom stereocenters. The lowest BCUT2D eigenvalue weighted by molar-refractivity contribution is 0.596. The number of benzene rings is 2. The first kappa shape index (κ1) is 18.0. The molecule has 0 saturated heterocycles. The third kappa shape index (κ3) is 3.30. The van der Waals surface area contributed by atoms with E-state index in [9.17, 15) is 13.2 Å². The molecule has 0 unspecified atom stereocenters. The van der Waals surface area contributed by atoms with Gasteiger partial charge in [0, 0.05) is 7.05 Å². The number of nitrogens with zero attached hydrogens (tertiary/aromatic N) is 3. The van der Waals surface area contributed by atoms with E-state index < -0.39 is 10.0 Å². The van der Waals surface area contributed by atoms with Gasteiger partial charge in [-0.25, -0.2) is 13.1 Å². The van der Waals surface area contributed by atoms with Crippen LogP contribution in [-0.2, 0) is 23.6 Å². The number of anilines is 1. The van der Waals surface area contributed by atoms with E-state index in [-0.39, 0.29) is 17.8 Å². The molecule has 3 rings (SSSR count). The number of sulfonamides is 1. The Kier molecular flexibility index (Phi) is 4.73. The summed E-state index contributed by atoms with van der Waals surface area (Å²) in [6.45, 7) is 1.86. The van der Waals surface area contributed by atoms with Crippen LogP contribution in [0.3, 0.4) is 0 Å². The lowest BCUT2D eigenvalue weighted by Gasteiger charge is -2.21. The molecule has 3 aromatic rings. The molecule has 0 N–H and O–H groups in total. The van der Waals surface area contributed by atoms with Crippen LogP contribution in [0.15, 0.2) is 65.5 Å². The fourth-order valence-corrected chi connectivity index (χ4v) is 3.88. The van der Waals surface area contributed by atoms with Crippen LogP contribution in [0.1, 0.15) is 11.3 Å². The maximum absolute atomic E-state index is 13.1. The first-order valence-electron chi connectivity index (χ1n) is 8.16. The van der Waals surface area contributed by atoms with Crippen molar-refractivity contribution >= 4 is 15.7 Å². The summed E-state index contributed by atoms with van der Waals surface area (Å²) < 4.78 is 29.3. The number of hydrogen-bond acceptors (Lipinski definition) is 3. The van der Waals surface area contributed by atoms with E-state index in [4.69, 9.17) is 0 Å². The highest BCUT2D eigenvalue weighted by Crippen LogP contribution is 2.23. The SMILES string of the molecule is Cc1c(N(Cc2ccccc2)S(C)(=O)=O)c(=O)n(-c2ccccc2)n1C. The maximum Gasteiger partial charge on any atom is 0.296 e. The van der Waals surface area contributed by atoms with E-state index in [0.717, 1.165) is 11.8 Å². The summed E-state index contributed by atoms with van der Waals surface area (Å²) >= 11 is 0. The van der Waals surface area contributed by atoms with Gasteiger partial charge in [-0.15, -0.1) is 0 Å². The van der Waals surface area contributed by atoms with Crippen LogP contribution < -0.4 is 9.86 Å². The van der Waals surface area contributed by atoms with Gasteiger partial charge in [0.1, 0.15) is 5.69 Å². The largest absolute Gasteiger partial charge is 0.296 e. The molecule has 0 aliphatic rings. The minimum absolute atomic E-state index is 0.106. The third-order valence-electron chi connectivity index (χ3n) is 4.34. The van der Waals surface area contributed by atoms with Gasteiger partial charge >= 0.3 is 0 Å². The van der Waals surface area contributed by atoms with E-state index in [1.807, 2.05) is 60.7 Å². The van der Waals surface area contributed by atoms with Crippen LogP contribution in [0.2, 0.25) is 0 Å². The highest BCUT2D eigenvalue weighted by molar-refractivity contribution is 7.92. The van der Waals surface area contributed by atoms with Crippen molar-refractivity contribution in [3.8, 4) is 5.69 Å². The fourth-order valence-electron chi connectivity index (χ4n) is 2.95. The smallest absolute Gasteiger partial charge is 0.283 e. The van der Waals surface area contributed by atoms with Crippen molar-refractivity contribution in [2.45, 2.75) is 13.5 Å². The van der Waals surface area contributed by atoms with Crippen molar-refractivity contribution in [1.29, 1.82) is 0 Å². The molecule has 0 aliphatic carbocycles. The summed E-state index contributed by atoms with van der Waals surface area (Å²) in [5.41, 5.74) is 1.88. The summed E-state index contributed by atoms with van der Waals surface area (Å²) in [4.78, 5) is 13.1. The van der Waals surface area contributed by atoms with Gasteiger partial charge < -0.3 is 0 Å². The zero-order valence-corrected chi connectivity index (χ0v) is 15.8. The minimum Gasteiger partial charge on any atom is -0.283 e. The third-order valence-corrected chi connectivity index (χ3v) is 5.45. The van der Waals surface area contributed by atoms with Crippen molar-refractivity contribution in [2.75, 3.05) is 10.6 Å². The lowest BCUT2D eigenvalue weighted by atomic mass is 10.2. The first-order valence-corrected chi connectivity index (χ1v) is 10.0. The van der Waals surface area contributed by atoms with Crippen LogP contribution >= 0.6 is 0 Å². The van der Waals surface area contributed by atoms with Gasteiger partial charge in [0.25, 0.3) is 5.56 Å². The van der Waals surface area contributed by atoms with Gasteiger partial charge in [0.15, 0.2) is 0 Å². The highest BCUT2D eigenvalue weighted by Gasteiger charge is 2.27. The monoisotopic (exact) mass is 371 g/mol. The molecule has 1 heterocycles. The molecule has 0 amide bonds. The predicted octanol–water partition coefficient (Wildman–Crippen LogP) is 2.45. The molecule has 0 spiro atoms. The molecule has 0 radical (unpaired) electrons. The number of hydrogen-bond donors (Lipinski definition) is 0. The quantitative estimate of drug-likeness (QED) is 0.692. The molecule has 26 heavy (non-hydrogen) atoms. The molecule has 7 heteroatoms. The minimum atomic E-state index is -3.64. The Morgan fingerprint density at radius 2 is 1.50 bits per heavy atom. The van der Waals surface area contributed by atoms with Crippen molar-refractivity contribution < 1.29 is 8.42 Å². The Morgan fingerprint density at radius 1 is 0.962 bits per heavy atom. The Labute approximate surface area is 153 Å². The van der Waals surface area contributed by atoms with Gasteiger partial charge in [-0.2, -0.15) is 0 Å². The molecule has 0 aliphatic heterocycles. The van der Waals surface area contributed by atoms with E-state index in [1.54, 1.807) is 18.7 Å². The van der Waals surface area contributed by atoms with Gasteiger partial charge in [-0.1, -0.05) is 48.5 Å². The van der Waals surface area contributed by atoms with E-state index in [2.05, 4.69) is 0 Å². The summed E-state index contributed by atoms with van der Waals surface area (Å²) in [7, 11) is -1.89. The zero-order chi connectivity index (χ0) is 18.9. The number of rotatable bonds is 5. The van der Waals surface area contributed by atoms with Crippen LogP contribution in [0.4, 0.5) is 5.69 Å². The van der Waals surface area contributed by atoms with E-state index in [1.165, 1.54) is 8.99 Å². The van der Waals surface area contributed by atoms with E-state index in [0.29, 0.717) is 11.4 Å². The summed E-state index contributed by atoms with van der Waals surface area (Å²) in [6.07, 6.45) is 1.12. The molecular formula is C19H21N3O3S. The van der Waals surface area contributed by atoms with Crippen LogP contribution in [-0.4, -0.2) is 24.0 Å². The van der Waals surface area contributed by atoms with Crippen LogP contribution in [0.5, 0.6) is 0 Å². The maximum atomic E-state index is 13.1. The average Bonchev–Trinajstić information content (AvgIpc) is 2.83. The van der Waals surface area contributed by atoms with Crippen LogP contribution in [0.25, 0.3) is 5.69 Å². The van der Waals surface area contributed by atoms with Crippen molar-refractivity contribution in [3.63, 3.8) is 0 Å². The fraction of sp³-hybridized carbons (Fsp3) is 0.211. The molecule has 2 aromatic carbocycles. The number of aromatic nitrogens is 2. The van der Waals surface area contributed by atoms with Gasteiger partial charge in [0.2, 0.25) is 10.0 Å². The van der Waals surface area contributed by atoms with Crippen LogP contribution in [0, 0.1) is 6.92 Å². The molecule has 1 aromatic heterocycles. The molecule has 6 nitrogen and oxygen atoms in total. The second kappa shape index (κ2) is 6.84. The first-order chi connectivity index (χ1) is 12.3. The summed E-state index contributed by atoms with van der Waals surface area (Å²) in [6, 6.07) is 18.4. The molecule has 0 bridgehead atoms. The Balaban J connectivity index is 2.19. The highest BCUT2D eigenvalue weighted by atomic mass is 32.2. The molecule has 0 saturated carbocycles. The Hall–Kier alpha value is -2.80.